The van der Waals surface area contributed by atoms with Crippen LogP contribution in [0.5, 0.6) is 0 Å². The van der Waals surface area contributed by atoms with Gasteiger partial charge in [-0.05, 0) is 12.8 Å². The van der Waals surface area contributed by atoms with Crippen molar-refractivity contribution in [2.75, 3.05) is 0 Å². The molecule has 1 aliphatic heterocycles. The van der Waals surface area contributed by atoms with Gasteiger partial charge in [-0.25, -0.2) is 13.3 Å². The first kappa shape index (κ1) is 21.8. The van der Waals surface area contributed by atoms with Crippen LogP contribution in [0.4, 0.5) is 8.78 Å². The van der Waals surface area contributed by atoms with Gasteiger partial charge in [-0.2, -0.15) is 0 Å². The highest BCUT2D eigenvalue weighted by atomic mass is 31.2. The Balaban J connectivity index is 0.000000341. The van der Waals surface area contributed by atoms with Crippen LogP contribution in [0, 0.1) is 0 Å². The molecule has 0 amide bonds. The van der Waals surface area contributed by atoms with E-state index in [9.17, 15) is 23.6 Å². The van der Waals surface area contributed by atoms with Crippen LogP contribution in [-0.2, 0) is 13.8 Å². The number of hydrogen-bond donors (Lipinski definition) is 6. The van der Waals surface area contributed by atoms with E-state index in [1.807, 2.05) is 0 Å². The van der Waals surface area contributed by atoms with Crippen LogP contribution in [0.1, 0.15) is 32.1 Å². The molecule has 2 fully saturated rings. The maximum atomic E-state index is 12.4. The minimum absolute atomic E-state index is 0.536. The van der Waals surface area contributed by atoms with Gasteiger partial charge in [0.05, 0.1) is 0 Å². The van der Waals surface area contributed by atoms with Gasteiger partial charge in [-0.15, -0.1) is 0 Å². The molecule has 5 atom stereocenters. The molecule has 0 aromatic heterocycles. The molecule has 7 N–H and O–H groups in total. The molecule has 1 aliphatic carbocycles. The van der Waals surface area contributed by atoms with Gasteiger partial charge < -0.3 is 35.6 Å². The summed E-state index contributed by atoms with van der Waals surface area (Å²) in [7, 11) is -5.10. The maximum Gasteiger partial charge on any atom is 0.472 e. The quantitative estimate of drug-likeness (QED) is 0.353. The van der Waals surface area contributed by atoms with Crippen LogP contribution >= 0.6 is 7.82 Å². The van der Waals surface area contributed by atoms with E-state index in [-0.39, 0.29) is 0 Å². The molecule has 0 spiro atoms. The fourth-order valence-electron chi connectivity index (χ4n) is 2.44. The van der Waals surface area contributed by atoms with Crippen molar-refractivity contribution in [3.05, 3.63) is 0 Å². The van der Waals surface area contributed by atoms with Gasteiger partial charge in [-0.3, -0.25) is 4.52 Å². The monoisotopic (exact) mass is 379 g/mol. The topological polar surface area (TPSA) is 163 Å². The molecule has 1 saturated heterocycles. The zero-order valence-electron chi connectivity index (χ0n) is 12.8. The summed E-state index contributed by atoms with van der Waals surface area (Å²) in [5, 5.41) is 27.5. The van der Waals surface area contributed by atoms with Crippen molar-refractivity contribution in [3.63, 3.8) is 0 Å². The number of phosphoric ester groups is 1. The number of nitrogens with two attached hydrogens (primary N) is 1. The largest absolute Gasteiger partial charge is 0.472 e. The number of aliphatic hydroxyl groups is 3. The highest BCUT2D eigenvalue weighted by Gasteiger charge is 2.49. The molecular weight excluding hydrogens is 355 g/mol. The molecule has 1 heterocycles. The summed E-state index contributed by atoms with van der Waals surface area (Å²) >= 11 is 0. The third-order valence-corrected chi connectivity index (χ3v) is 4.23. The fraction of sp³-hybridized carbons (Fsp3) is 1.00. The van der Waals surface area contributed by atoms with Crippen molar-refractivity contribution in [2.24, 2.45) is 5.73 Å². The lowest BCUT2D eigenvalue weighted by molar-refractivity contribution is -0.295. The molecule has 12 heteroatoms. The number of ether oxygens (including phenoxy) is 1. The van der Waals surface area contributed by atoms with Gasteiger partial charge in [0.15, 0.2) is 6.29 Å². The van der Waals surface area contributed by atoms with E-state index in [4.69, 9.17) is 20.6 Å². The third-order valence-electron chi connectivity index (χ3n) is 3.75. The summed E-state index contributed by atoms with van der Waals surface area (Å²) in [6.45, 7) is 0. The Labute approximate surface area is 137 Å². The Morgan fingerprint density at radius 2 is 1.58 bits per heavy atom. The van der Waals surface area contributed by atoms with Crippen molar-refractivity contribution in [2.45, 2.75) is 75.3 Å². The summed E-state index contributed by atoms with van der Waals surface area (Å²) in [5.74, 6) is 0. The zero-order valence-corrected chi connectivity index (χ0v) is 13.7. The third kappa shape index (κ3) is 6.95. The molecule has 2 aliphatic rings. The van der Waals surface area contributed by atoms with Gasteiger partial charge in [0, 0.05) is 6.04 Å². The molecule has 0 aromatic rings. The summed E-state index contributed by atoms with van der Waals surface area (Å²) in [6.07, 6.45) is -7.17. The lowest BCUT2D eigenvalue weighted by Gasteiger charge is -2.39. The normalized spacial score (nSPS) is 35.5. The Kier molecular flexibility index (Phi) is 8.60. The second-order valence-corrected chi connectivity index (χ2v) is 6.96. The predicted octanol–water partition coefficient (Wildman–Crippen LogP) is -0.554. The lowest BCUT2D eigenvalue weighted by atomic mass is 9.97. The van der Waals surface area contributed by atoms with Crippen molar-refractivity contribution >= 4 is 7.82 Å². The second kappa shape index (κ2) is 9.46. The maximum absolute atomic E-state index is 12.4. The summed E-state index contributed by atoms with van der Waals surface area (Å²) in [4.78, 5) is 16.9. The van der Waals surface area contributed by atoms with Crippen LogP contribution in [0.3, 0.4) is 0 Å². The second-order valence-electron chi connectivity index (χ2n) is 5.77. The van der Waals surface area contributed by atoms with Crippen LogP contribution < -0.4 is 5.73 Å². The Morgan fingerprint density at radius 3 is 1.96 bits per heavy atom. The van der Waals surface area contributed by atoms with Gasteiger partial charge in [-0.1, -0.05) is 19.3 Å². The van der Waals surface area contributed by atoms with E-state index in [2.05, 4.69) is 9.26 Å². The molecule has 144 valence electrons. The van der Waals surface area contributed by atoms with Crippen LogP contribution in [0.25, 0.3) is 0 Å². The lowest BCUT2D eigenvalue weighted by Crippen LogP contribution is -2.59. The van der Waals surface area contributed by atoms with Gasteiger partial charge in [0.2, 0.25) is 0 Å². The number of phosphoric acid groups is 1. The standard InChI is InChI=1S/C6H11F2O8P.C6H13N/c7-5(8)4-2(10)1(9)3(11)6(15-4)16-17(12,13)14;7-6-4-2-1-3-5-6/h1-6,9-11H,(H2,12,13,14);6H,1-5,7H2. The highest BCUT2D eigenvalue weighted by Crippen LogP contribution is 2.41. The average molecular weight is 379 g/mol. The Morgan fingerprint density at radius 1 is 1.04 bits per heavy atom. The van der Waals surface area contributed by atoms with Crippen LogP contribution in [0.2, 0.25) is 0 Å². The van der Waals surface area contributed by atoms with Gasteiger partial charge in [0.25, 0.3) is 6.43 Å². The van der Waals surface area contributed by atoms with E-state index in [0.717, 1.165) is 0 Å². The SMILES string of the molecule is NC1CCCCC1.O=P(O)(O)OC1OC(C(F)F)C(O)C(O)C1O. The fourth-order valence-corrected chi connectivity index (χ4v) is 2.88. The summed E-state index contributed by atoms with van der Waals surface area (Å²) < 4.78 is 43.3. The number of aliphatic hydroxyl groups excluding tert-OH is 3. The summed E-state index contributed by atoms with van der Waals surface area (Å²) in [5.41, 5.74) is 5.63. The molecule has 9 nitrogen and oxygen atoms in total. The minimum Gasteiger partial charge on any atom is -0.387 e. The van der Waals surface area contributed by atoms with E-state index in [1.165, 1.54) is 32.1 Å². The van der Waals surface area contributed by atoms with Crippen molar-refractivity contribution < 1.29 is 47.7 Å². The van der Waals surface area contributed by atoms with Crippen molar-refractivity contribution in [3.8, 4) is 0 Å². The molecule has 0 radical (unpaired) electrons. The number of alkyl halides is 2. The molecule has 2 rings (SSSR count). The molecule has 24 heavy (non-hydrogen) atoms. The smallest absolute Gasteiger partial charge is 0.387 e. The molecule has 0 bridgehead atoms. The van der Waals surface area contributed by atoms with Crippen LogP contribution in [0.15, 0.2) is 0 Å². The number of hydrogen-bond acceptors (Lipinski definition) is 7. The van der Waals surface area contributed by atoms with Crippen molar-refractivity contribution in [1.82, 2.24) is 0 Å². The number of rotatable bonds is 3. The average Bonchev–Trinajstić information content (AvgIpc) is 2.48. The van der Waals surface area contributed by atoms with Gasteiger partial charge in [0.1, 0.15) is 24.4 Å². The number of halogens is 2. The first-order valence-corrected chi connectivity index (χ1v) is 9.03. The molecule has 5 unspecified atom stereocenters. The first-order chi connectivity index (χ1) is 11.0. The predicted molar refractivity (Wildman–Crippen MR) is 76.9 cm³/mol. The highest BCUT2D eigenvalue weighted by molar-refractivity contribution is 7.46. The van der Waals surface area contributed by atoms with Crippen LogP contribution in [-0.4, -0.2) is 68.3 Å². The Hall–Kier alpha value is -0.230. The van der Waals surface area contributed by atoms with Gasteiger partial charge >= 0.3 is 7.82 Å². The summed E-state index contributed by atoms with van der Waals surface area (Å²) in [6, 6.07) is 0.536. The molecular formula is C12H24F2NO8P. The first-order valence-electron chi connectivity index (χ1n) is 7.50. The Bertz CT molecular complexity index is 420. The molecule has 1 saturated carbocycles. The zero-order chi connectivity index (χ0) is 18.5. The van der Waals surface area contributed by atoms with E-state index >= 15 is 0 Å². The van der Waals surface area contributed by atoms with Crippen molar-refractivity contribution in [1.29, 1.82) is 0 Å². The van der Waals surface area contributed by atoms with E-state index in [0.29, 0.717) is 6.04 Å². The van der Waals surface area contributed by atoms with E-state index < -0.39 is 45.0 Å². The van der Waals surface area contributed by atoms with E-state index in [1.54, 1.807) is 0 Å². The molecule has 0 aromatic carbocycles. The minimum atomic E-state index is -5.10.